The molecule has 2 aromatic rings. The number of amides is 2. The molecule has 27 heavy (non-hydrogen) atoms. The molecule has 0 unspecified atom stereocenters. The standard InChI is InChI=1S/C20H25N3O3S/c1-12-8-13(2)10-14(9-12)17(24)22-18-21-15-6-7-23(11-16(15)27-18)19(25)26-20(3,4)5/h8-10H,6-7,11H2,1-5H3,(H,21,22,24). The first-order chi connectivity index (χ1) is 12.6. The zero-order valence-electron chi connectivity index (χ0n) is 16.4. The summed E-state index contributed by atoms with van der Waals surface area (Å²) in [5, 5.41) is 3.45. The summed E-state index contributed by atoms with van der Waals surface area (Å²) in [6.45, 7) is 10.5. The summed E-state index contributed by atoms with van der Waals surface area (Å²) in [5.41, 5.74) is 3.14. The molecule has 1 N–H and O–H groups in total. The topological polar surface area (TPSA) is 71.5 Å². The number of thiazole rings is 1. The molecule has 1 aliphatic rings. The van der Waals surface area contributed by atoms with Crippen LogP contribution < -0.4 is 5.32 Å². The number of aromatic nitrogens is 1. The predicted molar refractivity (Wildman–Crippen MR) is 106 cm³/mol. The molecule has 3 rings (SSSR count). The van der Waals surface area contributed by atoms with Crippen LogP contribution in [0.5, 0.6) is 0 Å². The fourth-order valence-electron chi connectivity index (χ4n) is 3.01. The van der Waals surface area contributed by atoms with Crippen LogP contribution in [0.3, 0.4) is 0 Å². The number of rotatable bonds is 2. The SMILES string of the molecule is Cc1cc(C)cc(C(=O)Nc2nc3c(s2)CN(C(=O)OC(C)(C)C)CC3)c1. The van der Waals surface area contributed by atoms with E-state index < -0.39 is 5.60 Å². The van der Waals surface area contributed by atoms with Crippen LogP contribution in [-0.4, -0.2) is 34.0 Å². The molecule has 2 amide bonds. The van der Waals surface area contributed by atoms with Crippen molar-refractivity contribution in [2.75, 3.05) is 11.9 Å². The van der Waals surface area contributed by atoms with Crippen molar-refractivity contribution in [2.45, 2.75) is 53.2 Å². The highest BCUT2D eigenvalue weighted by atomic mass is 32.1. The smallest absolute Gasteiger partial charge is 0.410 e. The van der Waals surface area contributed by atoms with Gasteiger partial charge in [0, 0.05) is 23.4 Å². The van der Waals surface area contributed by atoms with Crippen LogP contribution in [-0.2, 0) is 17.7 Å². The molecule has 0 fully saturated rings. The van der Waals surface area contributed by atoms with Crippen molar-refractivity contribution in [3.63, 3.8) is 0 Å². The Labute approximate surface area is 163 Å². The molecule has 1 aromatic heterocycles. The lowest BCUT2D eigenvalue weighted by Crippen LogP contribution is -2.39. The molecule has 0 saturated heterocycles. The minimum absolute atomic E-state index is 0.170. The minimum Gasteiger partial charge on any atom is -0.444 e. The molecule has 144 valence electrons. The van der Waals surface area contributed by atoms with E-state index in [2.05, 4.69) is 10.3 Å². The molecule has 7 heteroatoms. The van der Waals surface area contributed by atoms with E-state index in [9.17, 15) is 9.59 Å². The number of benzene rings is 1. The normalized spacial score (nSPS) is 13.9. The highest BCUT2D eigenvalue weighted by Crippen LogP contribution is 2.29. The lowest BCUT2D eigenvalue weighted by Gasteiger charge is -2.29. The summed E-state index contributed by atoms with van der Waals surface area (Å²) in [7, 11) is 0. The second-order valence-electron chi connectivity index (χ2n) is 7.87. The van der Waals surface area contributed by atoms with Crippen molar-refractivity contribution in [1.82, 2.24) is 9.88 Å². The van der Waals surface area contributed by atoms with E-state index in [1.54, 1.807) is 4.90 Å². The van der Waals surface area contributed by atoms with Gasteiger partial charge in [0.15, 0.2) is 5.13 Å². The van der Waals surface area contributed by atoms with Crippen molar-refractivity contribution < 1.29 is 14.3 Å². The zero-order chi connectivity index (χ0) is 19.8. The zero-order valence-corrected chi connectivity index (χ0v) is 17.2. The number of carbonyl (C=O) groups excluding carboxylic acids is 2. The minimum atomic E-state index is -0.518. The largest absolute Gasteiger partial charge is 0.444 e. The highest BCUT2D eigenvalue weighted by molar-refractivity contribution is 7.15. The van der Waals surface area contributed by atoms with Crippen molar-refractivity contribution in [3.05, 3.63) is 45.5 Å². The van der Waals surface area contributed by atoms with Gasteiger partial charge in [-0.2, -0.15) is 0 Å². The van der Waals surface area contributed by atoms with Crippen LogP contribution >= 0.6 is 11.3 Å². The van der Waals surface area contributed by atoms with Crippen molar-refractivity contribution in [1.29, 1.82) is 0 Å². The number of carbonyl (C=O) groups is 2. The maximum Gasteiger partial charge on any atom is 0.410 e. The number of fused-ring (bicyclic) bond motifs is 1. The molecule has 0 bridgehead atoms. The second kappa shape index (κ2) is 7.31. The van der Waals surface area contributed by atoms with E-state index in [0.29, 0.717) is 30.2 Å². The van der Waals surface area contributed by atoms with Crippen molar-refractivity contribution in [3.8, 4) is 0 Å². The fraction of sp³-hybridized carbons (Fsp3) is 0.450. The van der Waals surface area contributed by atoms with Gasteiger partial charge in [-0.15, -0.1) is 0 Å². The monoisotopic (exact) mass is 387 g/mol. The summed E-state index contributed by atoms with van der Waals surface area (Å²) in [6.07, 6.45) is 0.340. The average Bonchev–Trinajstić information content (AvgIpc) is 2.93. The Balaban J connectivity index is 1.69. The van der Waals surface area contributed by atoms with Gasteiger partial charge in [0.1, 0.15) is 5.60 Å². The Morgan fingerprint density at radius 2 is 1.85 bits per heavy atom. The third kappa shape index (κ3) is 4.86. The fourth-order valence-corrected chi connectivity index (χ4v) is 4.03. The third-order valence-corrected chi connectivity index (χ3v) is 5.09. The first kappa shape index (κ1) is 19.4. The summed E-state index contributed by atoms with van der Waals surface area (Å²) in [5.74, 6) is -0.170. The van der Waals surface area contributed by atoms with Gasteiger partial charge < -0.3 is 9.64 Å². The molecule has 0 atom stereocenters. The molecule has 1 aromatic carbocycles. The molecule has 1 aliphatic heterocycles. The van der Waals surface area contributed by atoms with Gasteiger partial charge in [-0.1, -0.05) is 28.5 Å². The number of aryl methyl sites for hydroxylation is 2. The van der Waals surface area contributed by atoms with Crippen LogP contribution in [0.1, 0.15) is 52.8 Å². The average molecular weight is 388 g/mol. The maximum absolute atomic E-state index is 12.5. The maximum atomic E-state index is 12.5. The first-order valence-corrected chi connectivity index (χ1v) is 9.78. The Morgan fingerprint density at radius 1 is 1.19 bits per heavy atom. The van der Waals surface area contributed by atoms with E-state index in [1.807, 2.05) is 52.8 Å². The van der Waals surface area contributed by atoms with Crippen LogP contribution in [0.2, 0.25) is 0 Å². The van der Waals surface area contributed by atoms with Gasteiger partial charge in [0.05, 0.1) is 12.2 Å². The van der Waals surface area contributed by atoms with Gasteiger partial charge in [-0.05, 0) is 46.8 Å². The van der Waals surface area contributed by atoms with Crippen LogP contribution in [0, 0.1) is 13.8 Å². The molecule has 0 radical (unpaired) electrons. The number of nitrogens with one attached hydrogen (secondary N) is 1. The molecular formula is C20H25N3O3S. The van der Waals surface area contributed by atoms with Crippen LogP contribution in [0.15, 0.2) is 18.2 Å². The highest BCUT2D eigenvalue weighted by Gasteiger charge is 2.28. The Morgan fingerprint density at radius 3 is 2.48 bits per heavy atom. The lowest BCUT2D eigenvalue weighted by molar-refractivity contribution is 0.0225. The summed E-state index contributed by atoms with van der Waals surface area (Å²) in [6, 6.07) is 5.75. The van der Waals surface area contributed by atoms with Crippen molar-refractivity contribution in [2.24, 2.45) is 0 Å². The Kier molecular flexibility index (Phi) is 5.24. The third-order valence-electron chi connectivity index (χ3n) is 4.09. The van der Waals surface area contributed by atoms with Gasteiger partial charge in [-0.3, -0.25) is 10.1 Å². The van der Waals surface area contributed by atoms with E-state index in [-0.39, 0.29) is 12.0 Å². The molecule has 0 spiro atoms. The Bertz CT molecular complexity index is 863. The quantitative estimate of drug-likeness (QED) is 0.834. The van der Waals surface area contributed by atoms with E-state index in [1.165, 1.54) is 11.3 Å². The second-order valence-corrected chi connectivity index (χ2v) is 8.95. The molecule has 0 saturated carbocycles. The molecule has 0 aliphatic carbocycles. The van der Waals surface area contributed by atoms with Gasteiger partial charge in [-0.25, -0.2) is 9.78 Å². The summed E-state index contributed by atoms with van der Waals surface area (Å²) < 4.78 is 5.45. The van der Waals surface area contributed by atoms with Crippen LogP contribution in [0.25, 0.3) is 0 Å². The number of hydrogen-bond acceptors (Lipinski definition) is 5. The van der Waals surface area contributed by atoms with E-state index in [0.717, 1.165) is 21.7 Å². The number of hydrogen-bond donors (Lipinski definition) is 1. The van der Waals surface area contributed by atoms with E-state index in [4.69, 9.17) is 4.74 Å². The number of anilines is 1. The van der Waals surface area contributed by atoms with Gasteiger partial charge in [0.25, 0.3) is 5.91 Å². The molecule has 2 heterocycles. The van der Waals surface area contributed by atoms with Gasteiger partial charge in [0.2, 0.25) is 0 Å². The molecular weight excluding hydrogens is 362 g/mol. The number of ether oxygens (including phenoxy) is 1. The van der Waals surface area contributed by atoms with Gasteiger partial charge >= 0.3 is 6.09 Å². The predicted octanol–water partition coefficient (Wildman–Crippen LogP) is 4.31. The van der Waals surface area contributed by atoms with Crippen LogP contribution in [0.4, 0.5) is 9.93 Å². The van der Waals surface area contributed by atoms with Crippen molar-refractivity contribution >= 4 is 28.5 Å². The number of nitrogens with zero attached hydrogens (tertiary/aromatic N) is 2. The first-order valence-electron chi connectivity index (χ1n) is 8.97. The summed E-state index contributed by atoms with van der Waals surface area (Å²) >= 11 is 1.41. The molecule has 6 nitrogen and oxygen atoms in total. The Hall–Kier alpha value is -2.41. The lowest BCUT2D eigenvalue weighted by atomic mass is 10.1. The summed E-state index contributed by atoms with van der Waals surface area (Å²) in [4.78, 5) is 32.0. The van der Waals surface area contributed by atoms with E-state index >= 15 is 0 Å².